The lowest BCUT2D eigenvalue weighted by Crippen LogP contribution is -2.29. The Morgan fingerprint density at radius 2 is 2.00 bits per heavy atom. The van der Waals surface area contributed by atoms with Gasteiger partial charge in [0.1, 0.15) is 0 Å². The number of nitrogens with one attached hydrogen (secondary N) is 1. The van der Waals surface area contributed by atoms with E-state index in [0.29, 0.717) is 6.08 Å². The van der Waals surface area contributed by atoms with E-state index in [-0.39, 0.29) is 18.5 Å². The van der Waals surface area contributed by atoms with Crippen molar-refractivity contribution in [2.45, 2.75) is 44.8 Å². The van der Waals surface area contributed by atoms with Crippen molar-refractivity contribution < 1.29 is 22.7 Å². The molecule has 0 radical (unpaired) electrons. The SMILES string of the molecule is CCO/C(=C/C(=O)C(F)(F)F)NC1CCCC1. The van der Waals surface area contributed by atoms with E-state index in [9.17, 15) is 18.0 Å². The van der Waals surface area contributed by atoms with Gasteiger partial charge in [0.2, 0.25) is 0 Å². The van der Waals surface area contributed by atoms with E-state index in [2.05, 4.69) is 5.32 Å². The van der Waals surface area contributed by atoms with Crippen molar-refractivity contribution in [3.05, 3.63) is 12.0 Å². The second kappa shape index (κ2) is 5.93. The minimum absolute atomic E-state index is 0.0817. The maximum absolute atomic E-state index is 12.1. The normalized spacial score (nSPS) is 18.2. The fourth-order valence-corrected chi connectivity index (χ4v) is 1.75. The average Bonchev–Trinajstić information content (AvgIpc) is 2.69. The molecule has 17 heavy (non-hydrogen) atoms. The molecular weight excluding hydrogens is 235 g/mol. The number of carbonyl (C=O) groups excluding carboxylic acids is 1. The number of ketones is 1. The lowest BCUT2D eigenvalue weighted by atomic mass is 10.2. The smallest absolute Gasteiger partial charge is 0.454 e. The zero-order valence-corrected chi connectivity index (χ0v) is 9.64. The molecule has 98 valence electrons. The number of hydrogen-bond acceptors (Lipinski definition) is 3. The Balaban J connectivity index is 2.63. The summed E-state index contributed by atoms with van der Waals surface area (Å²) in [6.45, 7) is 1.87. The van der Waals surface area contributed by atoms with Gasteiger partial charge >= 0.3 is 6.18 Å². The Kier molecular flexibility index (Phi) is 4.84. The van der Waals surface area contributed by atoms with Gasteiger partial charge < -0.3 is 10.1 Å². The van der Waals surface area contributed by atoms with Crippen LogP contribution in [0.2, 0.25) is 0 Å². The predicted octanol–water partition coefficient (Wildman–Crippen LogP) is 2.53. The molecule has 0 bridgehead atoms. The molecule has 3 nitrogen and oxygen atoms in total. The van der Waals surface area contributed by atoms with Gasteiger partial charge in [-0.2, -0.15) is 13.2 Å². The van der Waals surface area contributed by atoms with Crippen molar-refractivity contribution in [3.8, 4) is 0 Å². The summed E-state index contributed by atoms with van der Waals surface area (Å²) in [5.74, 6) is -1.98. The van der Waals surface area contributed by atoms with Crippen LogP contribution < -0.4 is 5.32 Å². The van der Waals surface area contributed by atoms with E-state index in [1.54, 1.807) is 6.92 Å². The van der Waals surface area contributed by atoms with Crippen LogP contribution in [0, 0.1) is 0 Å². The highest BCUT2D eigenvalue weighted by Crippen LogP contribution is 2.20. The first-order chi connectivity index (χ1) is 7.93. The molecule has 1 N–H and O–H groups in total. The van der Waals surface area contributed by atoms with Crippen molar-refractivity contribution in [2.24, 2.45) is 0 Å². The molecule has 6 heteroatoms. The molecule has 0 amide bonds. The molecular formula is C11H16F3NO2. The molecule has 0 aromatic carbocycles. The number of rotatable bonds is 5. The molecule has 1 fully saturated rings. The van der Waals surface area contributed by atoms with Gasteiger partial charge in [0.05, 0.1) is 12.7 Å². The molecule has 1 saturated carbocycles. The molecule has 0 aromatic heterocycles. The molecule has 0 aliphatic heterocycles. The zero-order chi connectivity index (χ0) is 12.9. The Bertz CT molecular complexity index is 294. The molecule has 1 rings (SSSR count). The number of carbonyl (C=O) groups is 1. The van der Waals surface area contributed by atoms with Crippen molar-refractivity contribution >= 4 is 5.78 Å². The Labute approximate surface area is 98.0 Å². The van der Waals surface area contributed by atoms with Gasteiger partial charge in [-0.05, 0) is 19.8 Å². The maximum Gasteiger partial charge on any atom is 0.454 e. The van der Waals surface area contributed by atoms with Crippen LogP contribution in [0.4, 0.5) is 13.2 Å². The molecule has 1 aliphatic rings. The van der Waals surface area contributed by atoms with Crippen LogP contribution in [0.3, 0.4) is 0 Å². The van der Waals surface area contributed by atoms with Crippen LogP contribution in [0.25, 0.3) is 0 Å². The molecule has 0 heterocycles. The van der Waals surface area contributed by atoms with Crippen LogP contribution in [-0.4, -0.2) is 24.6 Å². The van der Waals surface area contributed by atoms with Gasteiger partial charge in [-0.25, -0.2) is 0 Å². The third-order valence-electron chi connectivity index (χ3n) is 2.54. The summed E-state index contributed by atoms with van der Waals surface area (Å²) in [5.41, 5.74) is 0. The van der Waals surface area contributed by atoms with Gasteiger partial charge in [-0.3, -0.25) is 4.79 Å². The van der Waals surface area contributed by atoms with E-state index < -0.39 is 12.0 Å². The van der Waals surface area contributed by atoms with Crippen LogP contribution in [0.5, 0.6) is 0 Å². The first-order valence-electron chi connectivity index (χ1n) is 5.65. The summed E-state index contributed by atoms with van der Waals surface area (Å²) >= 11 is 0. The van der Waals surface area contributed by atoms with Crippen molar-refractivity contribution in [1.29, 1.82) is 0 Å². The quantitative estimate of drug-likeness (QED) is 0.602. The average molecular weight is 251 g/mol. The first kappa shape index (κ1) is 13.9. The highest BCUT2D eigenvalue weighted by atomic mass is 19.4. The summed E-state index contributed by atoms with van der Waals surface area (Å²) in [7, 11) is 0. The van der Waals surface area contributed by atoms with Crippen LogP contribution in [-0.2, 0) is 9.53 Å². The van der Waals surface area contributed by atoms with Crippen molar-refractivity contribution in [1.82, 2.24) is 5.32 Å². The summed E-state index contributed by atoms with van der Waals surface area (Å²) in [5, 5.41) is 2.84. The largest absolute Gasteiger partial charge is 0.479 e. The van der Waals surface area contributed by atoms with E-state index in [1.165, 1.54) is 0 Å². The number of allylic oxidation sites excluding steroid dienone is 1. The predicted molar refractivity (Wildman–Crippen MR) is 56.2 cm³/mol. The Morgan fingerprint density at radius 1 is 1.41 bits per heavy atom. The summed E-state index contributed by atoms with van der Waals surface area (Å²) in [6, 6.07) is 0.105. The summed E-state index contributed by atoms with van der Waals surface area (Å²) in [6.07, 6.45) is -0.481. The summed E-state index contributed by atoms with van der Waals surface area (Å²) in [4.78, 5) is 10.8. The third-order valence-corrected chi connectivity index (χ3v) is 2.54. The number of alkyl halides is 3. The van der Waals surface area contributed by atoms with Crippen LogP contribution in [0.1, 0.15) is 32.6 Å². The minimum atomic E-state index is -4.85. The standard InChI is InChI=1S/C11H16F3NO2/c1-2-17-10(7-9(16)11(12,13)14)15-8-5-3-4-6-8/h7-8,15H,2-6H2,1H3/b10-7+. The minimum Gasteiger partial charge on any atom is -0.479 e. The Hall–Kier alpha value is -1.20. The van der Waals surface area contributed by atoms with E-state index in [4.69, 9.17) is 4.74 Å². The topological polar surface area (TPSA) is 38.3 Å². The number of ether oxygens (including phenoxy) is 1. The van der Waals surface area contributed by atoms with E-state index in [1.807, 2.05) is 0 Å². The molecule has 0 atom stereocenters. The van der Waals surface area contributed by atoms with Crippen molar-refractivity contribution in [3.63, 3.8) is 0 Å². The molecule has 0 aromatic rings. The van der Waals surface area contributed by atoms with Gasteiger partial charge in [-0.1, -0.05) is 12.8 Å². The second-order valence-electron chi connectivity index (χ2n) is 3.93. The zero-order valence-electron chi connectivity index (χ0n) is 9.64. The van der Waals surface area contributed by atoms with Gasteiger partial charge in [0, 0.05) is 6.04 Å². The fraction of sp³-hybridized carbons (Fsp3) is 0.727. The lowest BCUT2D eigenvalue weighted by molar-refractivity contribution is -0.165. The highest BCUT2D eigenvalue weighted by Gasteiger charge is 2.37. The molecule has 0 saturated heterocycles. The van der Waals surface area contributed by atoms with Gasteiger partial charge in [0.15, 0.2) is 5.88 Å². The molecule has 1 aliphatic carbocycles. The molecule has 0 unspecified atom stereocenters. The first-order valence-corrected chi connectivity index (χ1v) is 5.65. The lowest BCUT2D eigenvalue weighted by Gasteiger charge is -2.16. The van der Waals surface area contributed by atoms with Crippen molar-refractivity contribution in [2.75, 3.05) is 6.61 Å². The monoisotopic (exact) mass is 251 g/mol. The van der Waals surface area contributed by atoms with Crippen LogP contribution >= 0.6 is 0 Å². The van der Waals surface area contributed by atoms with Gasteiger partial charge in [-0.15, -0.1) is 0 Å². The van der Waals surface area contributed by atoms with Crippen LogP contribution in [0.15, 0.2) is 12.0 Å². The maximum atomic E-state index is 12.1. The highest BCUT2D eigenvalue weighted by molar-refractivity contribution is 5.94. The number of hydrogen-bond donors (Lipinski definition) is 1. The second-order valence-corrected chi connectivity index (χ2v) is 3.93. The third kappa shape index (κ3) is 4.66. The summed E-state index contributed by atoms with van der Waals surface area (Å²) < 4.78 is 41.3. The molecule has 0 spiro atoms. The van der Waals surface area contributed by atoms with E-state index in [0.717, 1.165) is 25.7 Å². The Morgan fingerprint density at radius 3 is 2.47 bits per heavy atom. The van der Waals surface area contributed by atoms with E-state index >= 15 is 0 Å². The fourth-order valence-electron chi connectivity index (χ4n) is 1.75. The number of halogens is 3. The van der Waals surface area contributed by atoms with Gasteiger partial charge in [0.25, 0.3) is 5.78 Å².